The van der Waals surface area contributed by atoms with E-state index in [9.17, 15) is 23.5 Å². The lowest BCUT2D eigenvalue weighted by molar-refractivity contribution is -0.138. The van der Waals surface area contributed by atoms with Crippen molar-refractivity contribution in [2.24, 2.45) is 5.92 Å². The summed E-state index contributed by atoms with van der Waals surface area (Å²) in [5.41, 5.74) is 0.730. The van der Waals surface area contributed by atoms with Gasteiger partial charge in [-0.05, 0) is 62.1 Å². The van der Waals surface area contributed by atoms with Crippen LogP contribution in [0.3, 0.4) is 0 Å². The van der Waals surface area contributed by atoms with Gasteiger partial charge >= 0.3 is 5.97 Å². The number of unbranched alkanes of at least 4 members (excludes halogenated alkanes) is 2. The van der Waals surface area contributed by atoms with E-state index >= 15 is 0 Å². The second-order valence-electron chi connectivity index (χ2n) is 8.27. The summed E-state index contributed by atoms with van der Waals surface area (Å²) in [6, 6.07) is 5.93. The van der Waals surface area contributed by atoms with E-state index in [-0.39, 0.29) is 12.2 Å². The fourth-order valence-corrected chi connectivity index (χ4v) is 5.08. The second kappa shape index (κ2) is 13.0. The largest absolute Gasteiger partial charge is 0.494 e. The van der Waals surface area contributed by atoms with Gasteiger partial charge < -0.3 is 15.1 Å². The van der Waals surface area contributed by atoms with Crippen LogP contribution in [0.4, 0.5) is 0 Å². The van der Waals surface area contributed by atoms with E-state index in [4.69, 9.17) is 4.74 Å². The van der Waals surface area contributed by atoms with Gasteiger partial charge in [0.25, 0.3) is 0 Å². The molecule has 0 spiro atoms. The van der Waals surface area contributed by atoms with Gasteiger partial charge in [0.05, 0.1) is 12.4 Å². The second-order valence-corrected chi connectivity index (χ2v) is 10.1. The van der Waals surface area contributed by atoms with Gasteiger partial charge in [0.2, 0.25) is 10.0 Å². The molecule has 1 aliphatic heterocycles. The molecule has 0 amide bonds. The average Bonchev–Trinajstić information content (AvgIpc) is 2.74. The molecule has 0 aromatic heterocycles. The van der Waals surface area contributed by atoms with Gasteiger partial charge in [0.1, 0.15) is 11.8 Å². The molecule has 1 fully saturated rings. The average molecular weight is 457 g/mol. The quantitative estimate of drug-likeness (QED) is 0.368. The molecule has 0 bridgehead atoms. The van der Waals surface area contributed by atoms with Crippen molar-refractivity contribution >= 4 is 16.0 Å². The standard InChI is InChI=1S/C22H36N2O6S/c1-2-3-16-31(28,29)23-21(22(25)26)17-19-7-9-20(10-8-19)30-15-5-4-6-18-11-13-24(27)14-12-18/h7-10,18,21,23,27H,2-6,11-17H2,1H3,(H,25,26)/t21-/m0/s1. The lowest BCUT2D eigenvalue weighted by atomic mass is 9.92. The molecule has 31 heavy (non-hydrogen) atoms. The van der Waals surface area contributed by atoms with Gasteiger partial charge in [0, 0.05) is 13.1 Å². The van der Waals surface area contributed by atoms with Crippen molar-refractivity contribution in [1.29, 1.82) is 0 Å². The van der Waals surface area contributed by atoms with Crippen molar-refractivity contribution in [3.05, 3.63) is 29.8 Å². The number of nitrogens with one attached hydrogen (secondary N) is 1. The van der Waals surface area contributed by atoms with Gasteiger partial charge in [-0.3, -0.25) is 4.79 Å². The van der Waals surface area contributed by atoms with E-state index in [0.717, 1.165) is 57.2 Å². The van der Waals surface area contributed by atoms with E-state index in [1.807, 2.05) is 6.92 Å². The summed E-state index contributed by atoms with van der Waals surface area (Å²) in [6.07, 6.45) is 6.59. The van der Waals surface area contributed by atoms with Crippen molar-refractivity contribution in [2.75, 3.05) is 25.4 Å². The van der Waals surface area contributed by atoms with Crippen molar-refractivity contribution in [1.82, 2.24) is 9.79 Å². The summed E-state index contributed by atoms with van der Waals surface area (Å²) in [5.74, 6) is 0.141. The number of sulfonamides is 1. The Hall–Kier alpha value is -1.68. The summed E-state index contributed by atoms with van der Waals surface area (Å²) in [4.78, 5) is 11.5. The van der Waals surface area contributed by atoms with Gasteiger partial charge in [0.15, 0.2) is 0 Å². The molecule has 0 aliphatic carbocycles. The molecule has 9 heteroatoms. The maximum atomic E-state index is 12.0. The number of carboxylic acids is 1. The molecule has 3 N–H and O–H groups in total. The Balaban J connectivity index is 1.72. The number of rotatable bonds is 14. The first-order chi connectivity index (χ1) is 14.8. The lowest BCUT2D eigenvalue weighted by Gasteiger charge is -2.27. The maximum Gasteiger partial charge on any atom is 0.322 e. The first-order valence-electron chi connectivity index (χ1n) is 11.2. The number of ether oxygens (including phenoxy) is 1. The molecular weight excluding hydrogens is 420 g/mol. The molecule has 176 valence electrons. The monoisotopic (exact) mass is 456 g/mol. The Kier molecular flexibility index (Phi) is 10.7. The van der Waals surface area contributed by atoms with Crippen molar-refractivity contribution < 1.29 is 28.3 Å². The normalized spacial score (nSPS) is 16.8. The minimum atomic E-state index is -3.62. The predicted octanol–water partition coefficient (Wildman–Crippen LogP) is 3.05. The Morgan fingerprint density at radius 1 is 1.19 bits per heavy atom. The van der Waals surface area contributed by atoms with Crippen LogP contribution in [0.25, 0.3) is 0 Å². The van der Waals surface area contributed by atoms with Gasteiger partial charge in [-0.15, -0.1) is 0 Å². The fourth-order valence-electron chi connectivity index (χ4n) is 3.68. The van der Waals surface area contributed by atoms with Crippen molar-refractivity contribution in [3.8, 4) is 5.75 Å². The highest BCUT2D eigenvalue weighted by atomic mass is 32.2. The number of piperidine rings is 1. The van der Waals surface area contributed by atoms with Crippen molar-refractivity contribution in [2.45, 2.75) is 64.3 Å². The zero-order chi connectivity index (χ0) is 22.7. The van der Waals surface area contributed by atoms with Crippen LogP contribution in [0, 0.1) is 5.92 Å². The highest BCUT2D eigenvalue weighted by molar-refractivity contribution is 7.89. The Morgan fingerprint density at radius 2 is 1.87 bits per heavy atom. The van der Waals surface area contributed by atoms with E-state index in [1.165, 1.54) is 5.06 Å². The summed E-state index contributed by atoms with van der Waals surface area (Å²) in [5, 5.41) is 20.2. The topological polar surface area (TPSA) is 116 Å². The number of aliphatic carboxylic acids is 1. The van der Waals surface area contributed by atoms with E-state index in [2.05, 4.69) is 4.72 Å². The molecule has 1 heterocycles. The van der Waals surface area contributed by atoms with Gasteiger partial charge in [-0.25, -0.2) is 13.1 Å². The fraction of sp³-hybridized carbons (Fsp3) is 0.682. The van der Waals surface area contributed by atoms with Gasteiger partial charge in [-0.1, -0.05) is 31.9 Å². The molecule has 2 rings (SSSR count). The molecule has 1 atom stereocenters. The lowest BCUT2D eigenvalue weighted by Crippen LogP contribution is -2.43. The Bertz CT molecular complexity index is 761. The van der Waals surface area contributed by atoms with Crippen LogP contribution >= 0.6 is 0 Å². The van der Waals surface area contributed by atoms with Crippen LogP contribution in [-0.4, -0.2) is 61.3 Å². The summed E-state index contributed by atoms with van der Waals surface area (Å²) in [6.45, 7) is 4.02. The molecule has 1 aromatic carbocycles. The minimum Gasteiger partial charge on any atom is -0.494 e. The first-order valence-corrected chi connectivity index (χ1v) is 12.8. The first kappa shape index (κ1) is 25.6. The van der Waals surface area contributed by atoms with E-state index < -0.39 is 22.0 Å². The molecule has 1 aliphatic rings. The molecule has 1 saturated heterocycles. The van der Waals surface area contributed by atoms with Crippen LogP contribution in [0.1, 0.15) is 57.4 Å². The Labute approximate surface area is 185 Å². The SMILES string of the molecule is CCCCS(=O)(=O)N[C@@H](Cc1ccc(OCCCCC2CCN(O)CC2)cc1)C(=O)O. The summed E-state index contributed by atoms with van der Waals surface area (Å²) < 4.78 is 32.1. The molecule has 8 nitrogen and oxygen atoms in total. The molecule has 0 radical (unpaired) electrons. The number of carboxylic acid groups (broad SMARTS) is 1. The molecule has 0 saturated carbocycles. The van der Waals surface area contributed by atoms with Crippen LogP contribution in [-0.2, 0) is 21.2 Å². The summed E-state index contributed by atoms with van der Waals surface area (Å²) >= 11 is 0. The smallest absolute Gasteiger partial charge is 0.322 e. The maximum absolute atomic E-state index is 12.0. The van der Waals surface area contributed by atoms with Crippen molar-refractivity contribution in [3.63, 3.8) is 0 Å². The predicted molar refractivity (Wildman–Crippen MR) is 119 cm³/mol. The highest BCUT2D eigenvalue weighted by Gasteiger charge is 2.24. The van der Waals surface area contributed by atoms with E-state index in [0.29, 0.717) is 24.7 Å². The van der Waals surface area contributed by atoms with Crippen LogP contribution in [0.5, 0.6) is 5.75 Å². The third-order valence-electron chi connectivity index (χ3n) is 5.62. The zero-order valence-electron chi connectivity index (χ0n) is 18.3. The zero-order valence-corrected chi connectivity index (χ0v) is 19.1. The minimum absolute atomic E-state index is 0.0688. The number of carbonyl (C=O) groups is 1. The molecule has 0 unspecified atom stereocenters. The van der Waals surface area contributed by atoms with Crippen LogP contribution in [0.15, 0.2) is 24.3 Å². The third-order valence-corrected chi connectivity index (χ3v) is 7.09. The number of benzene rings is 1. The van der Waals surface area contributed by atoms with Crippen LogP contribution in [0.2, 0.25) is 0 Å². The number of hydroxylamine groups is 2. The Morgan fingerprint density at radius 3 is 2.48 bits per heavy atom. The highest BCUT2D eigenvalue weighted by Crippen LogP contribution is 2.22. The summed E-state index contributed by atoms with van der Waals surface area (Å²) in [7, 11) is -3.62. The molecule has 1 aromatic rings. The van der Waals surface area contributed by atoms with Gasteiger partial charge in [-0.2, -0.15) is 5.06 Å². The third kappa shape index (κ3) is 9.99. The number of hydrogen-bond donors (Lipinski definition) is 3. The number of nitrogens with zero attached hydrogens (tertiary/aromatic N) is 1. The van der Waals surface area contributed by atoms with Crippen LogP contribution < -0.4 is 9.46 Å². The molecular formula is C22H36N2O6S. The van der Waals surface area contributed by atoms with E-state index in [1.54, 1.807) is 24.3 Å². The number of hydrogen-bond acceptors (Lipinski definition) is 6.